The molecular formula is C22H20ClN3OS. The van der Waals surface area contributed by atoms with Crippen molar-refractivity contribution in [3.8, 4) is 11.3 Å². The summed E-state index contributed by atoms with van der Waals surface area (Å²) >= 11 is 7.87. The minimum atomic E-state index is -0.0535. The Balaban J connectivity index is 1.55. The van der Waals surface area contributed by atoms with Gasteiger partial charge in [0.2, 0.25) is 0 Å². The smallest absolute Gasteiger partial charge is 0.161 e. The van der Waals surface area contributed by atoms with Gasteiger partial charge in [-0.05, 0) is 55.0 Å². The fraction of sp³-hybridized carbons (Fsp3) is 0.273. The van der Waals surface area contributed by atoms with Crippen LogP contribution in [-0.4, -0.2) is 26.8 Å². The van der Waals surface area contributed by atoms with E-state index in [0.29, 0.717) is 6.04 Å². The highest BCUT2D eigenvalue weighted by Gasteiger charge is 2.46. The lowest BCUT2D eigenvalue weighted by Crippen LogP contribution is -2.35. The van der Waals surface area contributed by atoms with E-state index in [4.69, 9.17) is 21.0 Å². The Labute approximate surface area is 173 Å². The van der Waals surface area contributed by atoms with Crippen molar-refractivity contribution in [3.05, 3.63) is 77.3 Å². The lowest BCUT2D eigenvalue weighted by atomic mass is 10.0. The van der Waals surface area contributed by atoms with Crippen molar-refractivity contribution in [2.45, 2.75) is 31.5 Å². The number of amidine groups is 1. The number of furan rings is 1. The monoisotopic (exact) mass is 409 g/mol. The van der Waals surface area contributed by atoms with Gasteiger partial charge in [0.1, 0.15) is 23.6 Å². The van der Waals surface area contributed by atoms with E-state index in [1.165, 1.54) is 0 Å². The largest absolute Gasteiger partial charge is 0.459 e. The van der Waals surface area contributed by atoms with Crippen LogP contribution in [0.25, 0.3) is 11.3 Å². The lowest BCUT2D eigenvalue weighted by Gasteiger charge is -2.30. The molecule has 2 aromatic heterocycles. The first kappa shape index (κ1) is 17.8. The van der Waals surface area contributed by atoms with Crippen LogP contribution in [-0.2, 0) is 0 Å². The summed E-state index contributed by atoms with van der Waals surface area (Å²) in [5, 5.41) is 1.83. The molecule has 0 radical (unpaired) electrons. The van der Waals surface area contributed by atoms with Crippen LogP contribution < -0.4 is 0 Å². The molecule has 2 aliphatic heterocycles. The number of benzene rings is 1. The maximum absolute atomic E-state index is 6.35. The van der Waals surface area contributed by atoms with Gasteiger partial charge in [0.15, 0.2) is 5.17 Å². The number of aliphatic imine (C=N–C) groups is 1. The molecule has 0 bridgehead atoms. The second kappa shape index (κ2) is 7.30. The van der Waals surface area contributed by atoms with E-state index in [0.717, 1.165) is 45.1 Å². The van der Waals surface area contributed by atoms with Gasteiger partial charge in [-0.1, -0.05) is 36.4 Å². The number of rotatable bonds is 4. The normalized spacial score (nSPS) is 23.7. The summed E-state index contributed by atoms with van der Waals surface area (Å²) in [6, 6.07) is 18.3. The van der Waals surface area contributed by atoms with E-state index in [1.807, 2.05) is 60.4 Å². The van der Waals surface area contributed by atoms with E-state index in [1.54, 1.807) is 0 Å². The molecule has 0 spiro atoms. The predicted molar refractivity (Wildman–Crippen MR) is 115 cm³/mol. The molecule has 1 saturated heterocycles. The highest BCUT2D eigenvalue weighted by Crippen LogP contribution is 2.49. The molecule has 3 aromatic rings. The number of aromatic nitrogens is 1. The van der Waals surface area contributed by atoms with Crippen LogP contribution in [0.3, 0.4) is 0 Å². The fourth-order valence-corrected chi connectivity index (χ4v) is 5.40. The van der Waals surface area contributed by atoms with Crippen molar-refractivity contribution >= 4 is 28.5 Å². The first-order valence-electron chi connectivity index (χ1n) is 9.50. The third-order valence-electron chi connectivity index (χ3n) is 5.38. The number of hydrogen-bond donors (Lipinski definition) is 0. The van der Waals surface area contributed by atoms with Crippen LogP contribution in [0.4, 0.5) is 0 Å². The summed E-state index contributed by atoms with van der Waals surface area (Å²) in [5.74, 6) is 2.85. The third kappa shape index (κ3) is 3.03. The van der Waals surface area contributed by atoms with Crippen LogP contribution in [0.2, 0.25) is 5.02 Å². The number of nitrogens with zero attached hydrogens (tertiary/aromatic N) is 3. The molecule has 0 unspecified atom stereocenters. The van der Waals surface area contributed by atoms with Crippen LogP contribution in [0.15, 0.2) is 70.2 Å². The van der Waals surface area contributed by atoms with Gasteiger partial charge in [-0.25, -0.2) is 4.99 Å². The molecule has 3 atom stereocenters. The summed E-state index contributed by atoms with van der Waals surface area (Å²) in [7, 11) is 0. The summed E-state index contributed by atoms with van der Waals surface area (Å²) < 4.78 is 6.35. The van der Waals surface area contributed by atoms with Gasteiger partial charge in [0, 0.05) is 28.6 Å². The molecular weight excluding hydrogens is 390 g/mol. The predicted octanol–water partition coefficient (Wildman–Crippen LogP) is 5.97. The van der Waals surface area contributed by atoms with Gasteiger partial charge in [-0.3, -0.25) is 4.98 Å². The molecule has 2 aliphatic rings. The average Bonchev–Trinajstić information content (AvgIpc) is 3.44. The molecule has 4 heterocycles. The Hall–Kier alpha value is -2.24. The summed E-state index contributed by atoms with van der Waals surface area (Å²) in [6.07, 6.45) is 2.92. The SMILES string of the molecule is CC[C@@H]1CSC2=N[C@H](c3ccccn3)[C@@H](c3ccc(-c4ccc(Cl)cc4)o3)N21. The summed E-state index contributed by atoms with van der Waals surface area (Å²) in [4.78, 5) is 12.1. The second-order valence-electron chi connectivity index (χ2n) is 7.05. The van der Waals surface area contributed by atoms with Crippen LogP contribution in [0.1, 0.15) is 36.9 Å². The Bertz CT molecular complexity index is 1000. The molecule has 5 rings (SSSR count). The van der Waals surface area contributed by atoms with Crippen molar-refractivity contribution < 1.29 is 4.42 Å². The van der Waals surface area contributed by atoms with Gasteiger partial charge >= 0.3 is 0 Å². The molecule has 0 saturated carbocycles. The van der Waals surface area contributed by atoms with Crippen molar-refractivity contribution in [3.63, 3.8) is 0 Å². The number of thioether (sulfide) groups is 1. The maximum atomic E-state index is 6.35. The Morgan fingerprint density at radius 1 is 1.14 bits per heavy atom. The highest BCUT2D eigenvalue weighted by atomic mass is 35.5. The maximum Gasteiger partial charge on any atom is 0.161 e. The number of halogens is 1. The minimum Gasteiger partial charge on any atom is -0.459 e. The molecule has 1 fully saturated rings. The quantitative estimate of drug-likeness (QED) is 0.532. The zero-order chi connectivity index (χ0) is 19.1. The molecule has 142 valence electrons. The topological polar surface area (TPSA) is 41.6 Å². The van der Waals surface area contributed by atoms with Gasteiger partial charge in [0.05, 0.1) is 5.69 Å². The van der Waals surface area contributed by atoms with E-state index in [-0.39, 0.29) is 12.1 Å². The lowest BCUT2D eigenvalue weighted by molar-refractivity contribution is 0.226. The molecule has 0 amide bonds. The van der Waals surface area contributed by atoms with Gasteiger partial charge < -0.3 is 9.32 Å². The fourth-order valence-electron chi connectivity index (χ4n) is 3.94. The van der Waals surface area contributed by atoms with Crippen molar-refractivity contribution in [1.82, 2.24) is 9.88 Å². The van der Waals surface area contributed by atoms with E-state index >= 15 is 0 Å². The molecule has 0 aliphatic carbocycles. The molecule has 0 N–H and O–H groups in total. The molecule has 1 aromatic carbocycles. The zero-order valence-corrected chi connectivity index (χ0v) is 17.0. The van der Waals surface area contributed by atoms with Gasteiger partial charge in [0.25, 0.3) is 0 Å². The standard InChI is InChI=1S/C22H20ClN3OS/c1-2-16-13-28-22-25-20(17-5-3-4-12-24-17)21(26(16)22)19-11-10-18(27-19)14-6-8-15(23)9-7-14/h3-12,16,20-21H,2,13H2,1H3/t16-,20-,21-/m1/s1. The number of pyridine rings is 1. The number of hydrogen-bond acceptors (Lipinski definition) is 5. The molecule has 4 nitrogen and oxygen atoms in total. The van der Waals surface area contributed by atoms with Crippen molar-refractivity contribution in [2.24, 2.45) is 4.99 Å². The first-order valence-corrected chi connectivity index (χ1v) is 10.9. The molecule has 6 heteroatoms. The second-order valence-corrected chi connectivity index (χ2v) is 8.47. The molecule has 28 heavy (non-hydrogen) atoms. The van der Waals surface area contributed by atoms with Crippen LogP contribution >= 0.6 is 23.4 Å². The Kier molecular flexibility index (Phi) is 4.65. The van der Waals surface area contributed by atoms with Crippen LogP contribution in [0, 0.1) is 0 Å². The summed E-state index contributed by atoms with van der Waals surface area (Å²) in [5.41, 5.74) is 2.00. The first-order chi connectivity index (χ1) is 13.7. The number of fused-ring (bicyclic) bond motifs is 1. The average molecular weight is 410 g/mol. The van der Waals surface area contributed by atoms with E-state index in [9.17, 15) is 0 Å². The van der Waals surface area contributed by atoms with Crippen molar-refractivity contribution in [2.75, 3.05) is 5.75 Å². The van der Waals surface area contributed by atoms with Crippen LogP contribution in [0.5, 0.6) is 0 Å². The van der Waals surface area contributed by atoms with E-state index < -0.39 is 0 Å². The Morgan fingerprint density at radius 3 is 2.75 bits per heavy atom. The third-order valence-corrected chi connectivity index (χ3v) is 6.75. The summed E-state index contributed by atoms with van der Waals surface area (Å²) in [6.45, 7) is 2.24. The van der Waals surface area contributed by atoms with Gasteiger partial charge in [-0.2, -0.15) is 0 Å². The van der Waals surface area contributed by atoms with Gasteiger partial charge in [-0.15, -0.1) is 0 Å². The van der Waals surface area contributed by atoms with E-state index in [2.05, 4.69) is 28.9 Å². The Morgan fingerprint density at radius 2 is 2.00 bits per heavy atom. The van der Waals surface area contributed by atoms with Crippen molar-refractivity contribution in [1.29, 1.82) is 0 Å². The zero-order valence-electron chi connectivity index (χ0n) is 15.5. The highest BCUT2D eigenvalue weighted by molar-refractivity contribution is 8.14. The minimum absolute atomic E-state index is 0.0332.